The molecule has 3 N–H and O–H groups in total. The van der Waals surface area contributed by atoms with Crippen LogP contribution in [0.5, 0.6) is 0 Å². The summed E-state index contributed by atoms with van der Waals surface area (Å²) in [4.78, 5) is 10.2. The molecule has 0 aliphatic heterocycles. The van der Waals surface area contributed by atoms with Gasteiger partial charge in [-0.2, -0.15) is 8.42 Å². The maximum Gasteiger partial charge on any atom is 0.397 e. The number of rotatable bonds is 11. The maximum atomic E-state index is 10.6. The Balaban J connectivity index is 0.000000972. The van der Waals surface area contributed by atoms with Gasteiger partial charge in [-0.3, -0.25) is 18.9 Å². The van der Waals surface area contributed by atoms with Crippen molar-refractivity contribution in [3.63, 3.8) is 0 Å². The second kappa shape index (κ2) is 13.4. The Morgan fingerprint density at radius 3 is 2.15 bits per heavy atom. The zero-order valence-electron chi connectivity index (χ0n) is 16.3. The van der Waals surface area contributed by atoms with Crippen LogP contribution in [-0.4, -0.2) is 43.6 Å². The zero-order valence-corrected chi connectivity index (χ0v) is 17.2. The average molecular weight is 406 g/mol. The summed E-state index contributed by atoms with van der Waals surface area (Å²) in [5.74, 6) is 0. The van der Waals surface area contributed by atoms with Gasteiger partial charge in [-0.15, -0.1) is 0 Å². The van der Waals surface area contributed by atoms with Crippen LogP contribution in [0.15, 0.2) is 24.3 Å². The van der Waals surface area contributed by atoms with E-state index in [0.717, 1.165) is 32.2 Å². The minimum atomic E-state index is -4.16. The lowest BCUT2D eigenvalue weighted by Crippen LogP contribution is -2.29. The van der Waals surface area contributed by atoms with E-state index in [4.69, 9.17) is 4.55 Å². The van der Waals surface area contributed by atoms with Crippen molar-refractivity contribution in [1.29, 1.82) is 0 Å². The first kappa shape index (κ1) is 25.2. The van der Waals surface area contributed by atoms with Gasteiger partial charge in [0.1, 0.15) is 0 Å². The molecule has 1 rings (SSSR count). The quantitative estimate of drug-likeness (QED) is 0.221. The summed E-state index contributed by atoms with van der Waals surface area (Å²) in [5.41, 5.74) is 1.06. The van der Waals surface area contributed by atoms with Crippen LogP contribution < -0.4 is 10.6 Å². The van der Waals surface area contributed by atoms with Crippen molar-refractivity contribution >= 4 is 21.8 Å². The van der Waals surface area contributed by atoms with Gasteiger partial charge in [0.25, 0.3) is 5.69 Å². The fraction of sp³-hybridized carbons (Fsp3) is 0.647. The Bertz CT molecular complexity index is 633. The Morgan fingerprint density at radius 2 is 1.74 bits per heavy atom. The van der Waals surface area contributed by atoms with E-state index in [1.165, 1.54) is 25.0 Å². The molecule has 156 valence electrons. The SMILES string of the molecule is CCC(CC)NCCCC(C)Nc1ccc([N+](=O)[O-])cc1.COS(=O)(=O)O. The van der Waals surface area contributed by atoms with Crippen LogP contribution in [-0.2, 0) is 14.6 Å². The summed E-state index contributed by atoms with van der Waals surface area (Å²) in [6.45, 7) is 7.59. The fourth-order valence-electron chi connectivity index (χ4n) is 2.33. The summed E-state index contributed by atoms with van der Waals surface area (Å²) in [6, 6.07) is 7.57. The Hall–Kier alpha value is -1.75. The summed E-state index contributed by atoms with van der Waals surface area (Å²) < 4.78 is 29.7. The van der Waals surface area contributed by atoms with Gasteiger partial charge in [0.15, 0.2) is 0 Å². The topological polar surface area (TPSA) is 131 Å². The number of anilines is 1. The lowest BCUT2D eigenvalue weighted by atomic mass is 10.1. The normalized spacial score (nSPS) is 12.2. The first-order valence-electron chi connectivity index (χ1n) is 8.90. The lowest BCUT2D eigenvalue weighted by molar-refractivity contribution is -0.384. The minimum absolute atomic E-state index is 0.127. The highest BCUT2D eigenvalue weighted by molar-refractivity contribution is 7.80. The third-order valence-electron chi connectivity index (χ3n) is 3.93. The van der Waals surface area contributed by atoms with E-state index in [2.05, 4.69) is 35.6 Å². The zero-order chi connectivity index (χ0) is 20.9. The van der Waals surface area contributed by atoms with E-state index < -0.39 is 10.4 Å². The van der Waals surface area contributed by atoms with Gasteiger partial charge in [-0.1, -0.05) is 13.8 Å². The van der Waals surface area contributed by atoms with E-state index in [1.807, 2.05) is 0 Å². The van der Waals surface area contributed by atoms with Crippen molar-refractivity contribution in [3.05, 3.63) is 34.4 Å². The number of nitro benzene ring substituents is 1. The molecule has 0 spiro atoms. The van der Waals surface area contributed by atoms with Crippen LogP contribution in [0.2, 0.25) is 0 Å². The first-order chi connectivity index (χ1) is 12.6. The molecule has 0 radical (unpaired) electrons. The van der Waals surface area contributed by atoms with Crippen LogP contribution in [0.25, 0.3) is 0 Å². The summed E-state index contributed by atoms with van der Waals surface area (Å²) >= 11 is 0. The molecule has 1 unspecified atom stereocenters. The Morgan fingerprint density at radius 1 is 1.22 bits per heavy atom. The van der Waals surface area contributed by atoms with Gasteiger partial charge < -0.3 is 10.6 Å². The molecule has 9 nitrogen and oxygen atoms in total. The molecule has 0 saturated heterocycles. The number of nitrogens with one attached hydrogen (secondary N) is 2. The van der Waals surface area contributed by atoms with Crippen LogP contribution in [0.4, 0.5) is 11.4 Å². The van der Waals surface area contributed by atoms with Crippen molar-refractivity contribution in [2.75, 3.05) is 19.0 Å². The van der Waals surface area contributed by atoms with Crippen molar-refractivity contribution in [1.82, 2.24) is 5.32 Å². The van der Waals surface area contributed by atoms with Gasteiger partial charge in [-0.05, 0) is 51.3 Å². The predicted octanol–water partition coefficient (Wildman–Crippen LogP) is 3.39. The summed E-state index contributed by atoms with van der Waals surface area (Å²) in [5, 5.41) is 17.5. The van der Waals surface area contributed by atoms with Crippen LogP contribution in [0.1, 0.15) is 46.5 Å². The fourth-order valence-corrected chi connectivity index (χ4v) is 2.33. The molecule has 0 saturated carbocycles. The van der Waals surface area contributed by atoms with Gasteiger partial charge in [-0.25, -0.2) is 0 Å². The molecule has 0 fully saturated rings. The van der Waals surface area contributed by atoms with E-state index in [1.54, 1.807) is 12.1 Å². The van der Waals surface area contributed by atoms with E-state index in [0.29, 0.717) is 12.1 Å². The van der Waals surface area contributed by atoms with Crippen molar-refractivity contribution in [2.24, 2.45) is 0 Å². The smallest absolute Gasteiger partial charge is 0.383 e. The van der Waals surface area contributed by atoms with Gasteiger partial charge in [0.2, 0.25) is 0 Å². The molecule has 1 aromatic rings. The molecule has 0 aliphatic rings. The Kier molecular flexibility index (Phi) is 12.6. The van der Waals surface area contributed by atoms with Gasteiger partial charge in [0.05, 0.1) is 12.0 Å². The second-order valence-corrected chi connectivity index (χ2v) is 7.24. The number of nitrogens with zero attached hydrogens (tertiary/aromatic N) is 1. The first-order valence-corrected chi connectivity index (χ1v) is 10.3. The molecule has 27 heavy (non-hydrogen) atoms. The maximum absolute atomic E-state index is 10.6. The average Bonchev–Trinajstić information content (AvgIpc) is 2.62. The monoisotopic (exact) mass is 405 g/mol. The van der Waals surface area contributed by atoms with Gasteiger partial charge >= 0.3 is 10.4 Å². The molecule has 1 atom stereocenters. The van der Waals surface area contributed by atoms with E-state index >= 15 is 0 Å². The van der Waals surface area contributed by atoms with Crippen LogP contribution in [0.3, 0.4) is 0 Å². The highest BCUT2D eigenvalue weighted by atomic mass is 32.3. The second-order valence-electron chi connectivity index (χ2n) is 6.05. The third kappa shape index (κ3) is 13.1. The summed E-state index contributed by atoms with van der Waals surface area (Å²) in [6.07, 6.45) is 4.54. The lowest BCUT2D eigenvalue weighted by Gasteiger charge is -2.17. The number of nitro groups is 1. The molecular formula is C17H31N3O6S. The number of hydrogen-bond acceptors (Lipinski definition) is 7. The van der Waals surface area contributed by atoms with Crippen LogP contribution in [0, 0.1) is 10.1 Å². The molecule has 0 aromatic heterocycles. The number of hydrogen-bond donors (Lipinski definition) is 3. The van der Waals surface area contributed by atoms with Crippen molar-refractivity contribution in [2.45, 2.75) is 58.5 Å². The summed E-state index contributed by atoms with van der Waals surface area (Å²) in [7, 11) is -3.29. The Labute approximate surface area is 161 Å². The molecule has 0 bridgehead atoms. The van der Waals surface area contributed by atoms with Crippen LogP contribution >= 0.6 is 0 Å². The highest BCUT2D eigenvalue weighted by Gasteiger charge is 2.07. The molecule has 0 heterocycles. The molecule has 10 heteroatoms. The standard InChI is InChI=1S/C16H27N3O2.CH4O4S/c1-4-14(5-2)17-12-6-7-13(3)18-15-8-10-16(11-9-15)19(20)21;1-5-6(2,3)4/h8-11,13-14,17-18H,4-7,12H2,1-3H3;1H3,(H,2,3,4). The molecule has 0 amide bonds. The molecule has 0 aliphatic carbocycles. The van der Waals surface area contributed by atoms with Crippen molar-refractivity contribution in [3.8, 4) is 0 Å². The highest BCUT2D eigenvalue weighted by Crippen LogP contribution is 2.16. The third-order valence-corrected chi connectivity index (χ3v) is 4.36. The minimum Gasteiger partial charge on any atom is -0.383 e. The van der Waals surface area contributed by atoms with Gasteiger partial charge in [0, 0.05) is 29.9 Å². The largest absolute Gasteiger partial charge is 0.397 e. The number of benzene rings is 1. The van der Waals surface area contributed by atoms with E-state index in [9.17, 15) is 18.5 Å². The predicted molar refractivity (Wildman–Crippen MR) is 106 cm³/mol. The molecular weight excluding hydrogens is 374 g/mol. The van der Waals surface area contributed by atoms with E-state index in [-0.39, 0.29) is 10.6 Å². The molecule has 1 aromatic carbocycles. The van der Waals surface area contributed by atoms with Crippen molar-refractivity contribution < 1.29 is 22.1 Å². The number of non-ortho nitro benzene ring substituents is 1.